The Bertz CT molecular complexity index is 734. The van der Waals surface area contributed by atoms with Crippen LogP contribution in [0.3, 0.4) is 0 Å². The van der Waals surface area contributed by atoms with E-state index in [1.54, 1.807) is 6.07 Å². The molecule has 1 aliphatic heterocycles. The fourth-order valence-corrected chi connectivity index (χ4v) is 3.03. The topological polar surface area (TPSA) is 64.4 Å². The second-order valence-corrected chi connectivity index (χ2v) is 6.51. The van der Waals surface area contributed by atoms with Crippen LogP contribution in [0.5, 0.6) is 5.75 Å². The Morgan fingerprint density at radius 2 is 2.26 bits per heavy atom. The highest BCUT2D eigenvalue weighted by atomic mass is 16.5. The van der Waals surface area contributed by atoms with Crippen LogP contribution in [-0.4, -0.2) is 23.7 Å². The van der Waals surface area contributed by atoms with Gasteiger partial charge in [-0.25, -0.2) is 0 Å². The molecule has 5 nitrogen and oxygen atoms in total. The van der Waals surface area contributed by atoms with Crippen molar-refractivity contribution in [2.24, 2.45) is 0 Å². The summed E-state index contributed by atoms with van der Waals surface area (Å²) < 4.78 is 10.8. The smallest absolute Gasteiger partial charge is 0.273 e. The molecule has 0 saturated heterocycles. The van der Waals surface area contributed by atoms with Gasteiger partial charge >= 0.3 is 0 Å². The van der Waals surface area contributed by atoms with Gasteiger partial charge in [0, 0.05) is 24.4 Å². The Hall–Kier alpha value is -2.30. The zero-order chi connectivity index (χ0) is 15.8. The number of rotatable bonds is 5. The molecule has 5 heteroatoms. The van der Waals surface area contributed by atoms with Crippen LogP contribution in [0.4, 0.5) is 0 Å². The largest absolute Gasteiger partial charge is 0.493 e. The number of amides is 1. The number of nitrogens with zero attached hydrogens (tertiary/aromatic N) is 1. The zero-order valence-corrected chi connectivity index (χ0v) is 13.2. The SMILES string of the molecule is C[C@@H](Cc1ccc2c(c1)CCO2)NC(=O)c1cc(C2CC2)on1. The number of ether oxygens (including phenoxy) is 1. The average molecular weight is 312 g/mol. The number of carbonyl (C=O) groups is 1. The van der Waals surface area contributed by atoms with E-state index in [1.165, 1.54) is 11.1 Å². The third kappa shape index (κ3) is 3.09. The summed E-state index contributed by atoms with van der Waals surface area (Å²) in [5.74, 6) is 2.12. The predicted molar refractivity (Wildman–Crippen MR) is 84.8 cm³/mol. The second kappa shape index (κ2) is 5.72. The Morgan fingerprint density at radius 3 is 3.09 bits per heavy atom. The van der Waals surface area contributed by atoms with Crippen LogP contribution in [0, 0.1) is 0 Å². The minimum atomic E-state index is -0.169. The molecule has 0 bridgehead atoms. The van der Waals surface area contributed by atoms with Crippen molar-refractivity contribution >= 4 is 5.91 Å². The third-order valence-corrected chi connectivity index (χ3v) is 4.41. The molecular weight excluding hydrogens is 292 g/mol. The van der Waals surface area contributed by atoms with E-state index in [1.807, 2.05) is 13.0 Å². The molecule has 1 aliphatic carbocycles. The number of hydrogen-bond donors (Lipinski definition) is 1. The van der Waals surface area contributed by atoms with Gasteiger partial charge in [-0.3, -0.25) is 4.79 Å². The van der Waals surface area contributed by atoms with E-state index in [-0.39, 0.29) is 11.9 Å². The molecule has 4 rings (SSSR count). The monoisotopic (exact) mass is 312 g/mol. The maximum Gasteiger partial charge on any atom is 0.273 e. The summed E-state index contributed by atoms with van der Waals surface area (Å²) in [6.07, 6.45) is 4.02. The van der Waals surface area contributed by atoms with Crippen LogP contribution in [-0.2, 0) is 12.8 Å². The van der Waals surface area contributed by atoms with Gasteiger partial charge in [0.2, 0.25) is 0 Å². The summed E-state index contributed by atoms with van der Waals surface area (Å²) in [6.45, 7) is 2.77. The molecule has 0 unspecified atom stereocenters. The minimum Gasteiger partial charge on any atom is -0.493 e. The lowest BCUT2D eigenvalue weighted by Crippen LogP contribution is -2.34. The molecule has 120 valence electrons. The van der Waals surface area contributed by atoms with E-state index in [2.05, 4.69) is 22.6 Å². The number of aromatic nitrogens is 1. The Morgan fingerprint density at radius 1 is 1.39 bits per heavy atom. The highest BCUT2D eigenvalue weighted by Crippen LogP contribution is 2.40. The predicted octanol–water partition coefficient (Wildman–Crippen LogP) is 2.85. The number of carbonyl (C=O) groups excluding carboxylic acids is 1. The maximum atomic E-state index is 12.2. The van der Waals surface area contributed by atoms with Gasteiger partial charge in [0.05, 0.1) is 6.61 Å². The molecule has 1 atom stereocenters. The highest BCUT2D eigenvalue weighted by Gasteiger charge is 2.29. The van der Waals surface area contributed by atoms with Gasteiger partial charge in [0.25, 0.3) is 5.91 Å². The van der Waals surface area contributed by atoms with Gasteiger partial charge < -0.3 is 14.6 Å². The lowest BCUT2D eigenvalue weighted by molar-refractivity contribution is 0.0931. The van der Waals surface area contributed by atoms with E-state index in [4.69, 9.17) is 9.26 Å². The highest BCUT2D eigenvalue weighted by molar-refractivity contribution is 5.92. The molecule has 1 aromatic carbocycles. The van der Waals surface area contributed by atoms with Gasteiger partial charge in [0.1, 0.15) is 11.5 Å². The van der Waals surface area contributed by atoms with E-state index < -0.39 is 0 Å². The van der Waals surface area contributed by atoms with Crippen molar-refractivity contribution in [1.29, 1.82) is 0 Å². The van der Waals surface area contributed by atoms with Crippen LogP contribution in [0.1, 0.15) is 53.1 Å². The Labute approximate surface area is 135 Å². The van der Waals surface area contributed by atoms with Crippen LogP contribution in [0.2, 0.25) is 0 Å². The fraction of sp³-hybridized carbons (Fsp3) is 0.444. The van der Waals surface area contributed by atoms with Crippen molar-refractivity contribution in [2.75, 3.05) is 6.61 Å². The summed E-state index contributed by atoms with van der Waals surface area (Å²) in [5, 5.41) is 6.87. The molecule has 1 N–H and O–H groups in total. The summed E-state index contributed by atoms with van der Waals surface area (Å²) >= 11 is 0. The molecule has 0 radical (unpaired) electrons. The molecule has 2 aromatic rings. The van der Waals surface area contributed by atoms with E-state index in [0.717, 1.165) is 43.8 Å². The van der Waals surface area contributed by atoms with E-state index >= 15 is 0 Å². The molecule has 0 spiro atoms. The normalized spacial score (nSPS) is 17.4. The standard InChI is InChI=1S/C18H20N2O3/c1-11(8-12-2-5-16-14(9-12)6-7-22-16)19-18(21)15-10-17(23-20-15)13-3-4-13/h2,5,9-11,13H,3-4,6-8H2,1H3,(H,19,21)/t11-/m0/s1. The van der Waals surface area contributed by atoms with Crippen molar-refractivity contribution in [3.05, 3.63) is 46.8 Å². The summed E-state index contributed by atoms with van der Waals surface area (Å²) in [6, 6.07) is 8.06. The van der Waals surface area contributed by atoms with Crippen LogP contribution < -0.4 is 10.1 Å². The number of fused-ring (bicyclic) bond motifs is 1. The summed E-state index contributed by atoms with van der Waals surface area (Å²) in [5.41, 5.74) is 2.84. The molecule has 2 heterocycles. The van der Waals surface area contributed by atoms with E-state index in [9.17, 15) is 4.79 Å². The maximum absolute atomic E-state index is 12.2. The Balaban J connectivity index is 1.37. The lowest BCUT2D eigenvalue weighted by Gasteiger charge is -2.13. The van der Waals surface area contributed by atoms with Crippen molar-refractivity contribution < 1.29 is 14.1 Å². The van der Waals surface area contributed by atoms with E-state index in [0.29, 0.717) is 11.6 Å². The number of nitrogens with one attached hydrogen (secondary N) is 1. The first kappa shape index (κ1) is 14.3. The van der Waals surface area contributed by atoms with Gasteiger partial charge in [-0.15, -0.1) is 0 Å². The summed E-state index contributed by atoms with van der Waals surface area (Å²) in [4.78, 5) is 12.2. The summed E-state index contributed by atoms with van der Waals surface area (Å²) in [7, 11) is 0. The van der Waals surface area contributed by atoms with Gasteiger partial charge in [-0.1, -0.05) is 17.3 Å². The zero-order valence-electron chi connectivity index (χ0n) is 13.2. The lowest BCUT2D eigenvalue weighted by atomic mass is 10.0. The van der Waals surface area contributed by atoms with Crippen LogP contribution in [0.25, 0.3) is 0 Å². The van der Waals surface area contributed by atoms with Crippen molar-refractivity contribution in [3.63, 3.8) is 0 Å². The second-order valence-electron chi connectivity index (χ2n) is 6.51. The fourth-order valence-electron chi connectivity index (χ4n) is 3.03. The third-order valence-electron chi connectivity index (χ3n) is 4.41. The average Bonchev–Trinajstić information content (AvgIpc) is 3.08. The van der Waals surface area contributed by atoms with Gasteiger partial charge in [-0.05, 0) is 43.4 Å². The van der Waals surface area contributed by atoms with Gasteiger partial charge in [-0.2, -0.15) is 0 Å². The first-order valence-electron chi connectivity index (χ1n) is 8.21. The number of hydrogen-bond acceptors (Lipinski definition) is 4. The molecule has 23 heavy (non-hydrogen) atoms. The van der Waals surface area contributed by atoms with Gasteiger partial charge in [0.15, 0.2) is 5.69 Å². The first-order valence-corrected chi connectivity index (χ1v) is 8.21. The van der Waals surface area contributed by atoms with Crippen molar-refractivity contribution in [1.82, 2.24) is 10.5 Å². The van der Waals surface area contributed by atoms with Crippen LogP contribution in [0.15, 0.2) is 28.8 Å². The van der Waals surface area contributed by atoms with Crippen molar-refractivity contribution in [2.45, 2.75) is 44.6 Å². The molecular formula is C18H20N2O3. The molecule has 1 aromatic heterocycles. The first-order chi connectivity index (χ1) is 11.2. The molecule has 2 aliphatic rings. The Kier molecular flexibility index (Phi) is 3.56. The van der Waals surface area contributed by atoms with Crippen molar-refractivity contribution in [3.8, 4) is 5.75 Å². The van der Waals surface area contributed by atoms with Crippen LogP contribution >= 0.6 is 0 Å². The molecule has 1 saturated carbocycles. The minimum absolute atomic E-state index is 0.0314. The molecule has 1 amide bonds. The molecule has 1 fully saturated rings. The quantitative estimate of drug-likeness (QED) is 0.922. The number of benzene rings is 1.